The van der Waals surface area contributed by atoms with Crippen LogP contribution in [-0.4, -0.2) is 23.9 Å². The van der Waals surface area contributed by atoms with Crippen LogP contribution in [0.3, 0.4) is 0 Å². The van der Waals surface area contributed by atoms with Gasteiger partial charge in [-0.1, -0.05) is 23.9 Å². The average Bonchev–Trinajstić information content (AvgIpc) is 2.83. The molecule has 0 radical (unpaired) electrons. The lowest BCUT2D eigenvalue weighted by molar-refractivity contribution is -0.116. The molecule has 0 unspecified atom stereocenters. The van der Waals surface area contributed by atoms with Gasteiger partial charge in [-0.25, -0.2) is 4.99 Å². The summed E-state index contributed by atoms with van der Waals surface area (Å²) in [7, 11) is 0. The molecule has 0 aliphatic carbocycles. The second-order valence-corrected chi connectivity index (χ2v) is 4.86. The predicted octanol–water partition coefficient (Wildman–Crippen LogP) is 2.02. The van der Waals surface area contributed by atoms with Crippen molar-refractivity contribution in [1.29, 1.82) is 5.26 Å². The fourth-order valence-electron chi connectivity index (χ4n) is 2.12. The Bertz CT molecular complexity index is 576. The molecular weight excluding hydrogens is 260 g/mol. The number of aliphatic imine (C=N–C) groups is 1. The van der Waals surface area contributed by atoms with E-state index in [2.05, 4.69) is 10.3 Å². The number of benzene rings is 1. The molecular formula is C13H14N4OS. The minimum Gasteiger partial charge on any atom is -0.310 e. The Morgan fingerprint density at radius 1 is 1.58 bits per heavy atom. The van der Waals surface area contributed by atoms with Gasteiger partial charge in [0.15, 0.2) is 11.4 Å². The summed E-state index contributed by atoms with van der Waals surface area (Å²) in [5.74, 6) is 0.0142. The van der Waals surface area contributed by atoms with Crippen molar-refractivity contribution in [3.8, 4) is 6.19 Å². The van der Waals surface area contributed by atoms with Gasteiger partial charge in [0.25, 0.3) is 0 Å². The highest BCUT2D eigenvalue weighted by atomic mass is 32.2. The molecule has 0 fully saturated rings. The summed E-state index contributed by atoms with van der Waals surface area (Å²) in [5, 5.41) is 11.7. The zero-order valence-corrected chi connectivity index (χ0v) is 11.6. The van der Waals surface area contributed by atoms with Crippen molar-refractivity contribution >= 4 is 34.2 Å². The van der Waals surface area contributed by atoms with Crippen molar-refractivity contribution in [2.45, 2.75) is 13.3 Å². The van der Waals surface area contributed by atoms with Crippen LogP contribution in [0.4, 0.5) is 11.4 Å². The van der Waals surface area contributed by atoms with Crippen LogP contribution in [-0.2, 0) is 11.2 Å². The van der Waals surface area contributed by atoms with Crippen LogP contribution in [0.1, 0.15) is 12.5 Å². The summed E-state index contributed by atoms with van der Waals surface area (Å²) >= 11 is 1.36. The Hall–Kier alpha value is -2.00. The number of hydrogen-bond donors (Lipinski definition) is 1. The van der Waals surface area contributed by atoms with Crippen LogP contribution in [0.25, 0.3) is 0 Å². The molecule has 0 bridgehead atoms. The first-order valence-corrected chi connectivity index (χ1v) is 7.07. The minimum absolute atomic E-state index is 0.0142. The smallest absolute Gasteiger partial charge is 0.223 e. The fraction of sp³-hybridized carbons (Fsp3) is 0.308. The lowest BCUT2D eigenvalue weighted by Gasteiger charge is -2.16. The first-order valence-electron chi connectivity index (χ1n) is 5.85. The normalized spacial score (nSPS) is 13.9. The van der Waals surface area contributed by atoms with Gasteiger partial charge >= 0.3 is 0 Å². The lowest BCUT2D eigenvalue weighted by atomic mass is 10.1. The fourth-order valence-corrected chi connectivity index (χ4v) is 2.46. The molecule has 2 rings (SSSR count). The van der Waals surface area contributed by atoms with Crippen molar-refractivity contribution in [2.24, 2.45) is 4.99 Å². The van der Waals surface area contributed by atoms with Gasteiger partial charge in [0.2, 0.25) is 5.91 Å². The van der Waals surface area contributed by atoms with Crippen LogP contribution in [0, 0.1) is 11.5 Å². The van der Waals surface area contributed by atoms with Gasteiger partial charge in [0, 0.05) is 13.5 Å². The van der Waals surface area contributed by atoms with E-state index < -0.39 is 0 Å². The maximum atomic E-state index is 11.6. The Morgan fingerprint density at radius 3 is 3.00 bits per heavy atom. The van der Waals surface area contributed by atoms with Crippen LogP contribution in [0.2, 0.25) is 0 Å². The zero-order valence-electron chi connectivity index (χ0n) is 10.8. The van der Waals surface area contributed by atoms with E-state index in [1.54, 1.807) is 11.8 Å². The summed E-state index contributed by atoms with van der Waals surface area (Å²) in [6.45, 7) is 2.25. The standard InChI is InChI=1S/C13H14N4OS/c1-9(18)17-7-6-10-4-3-5-11(12(10)17)16-13(19-2)15-8-14/h3-5H,6-7H2,1-2H3,(H,15,16). The van der Waals surface area contributed by atoms with E-state index >= 15 is 0 Å². The van der Waals surface area contributed by atoms with Crippen LogP contribution in [0.5, 0.6) is 0 Å². The van der Waals surface area contributed by atoms with Crippen LogP contribution >= 0.6 is 11.8 Å². The number of rotatable bonds is 1. The van der Waals surface area contributed by atoms with Gasteiger partial charge in [-0.05, 0) is 24.3 Å². The summed E-state index contributed by atoms with van der Waals surface area (Å²) in [4.78, 5) is 17.8. The molecule has 1 heterocycles. The maximum absolute atomic E-state index is 11.6. The van der Waals surface area contributed by atoms with Crippen molar-refractivity contribution in [2.75, 3.05) is 17.7 Å². The zero-order chi connectivity index (χ0) is 13.8. The van der Waals surface area contributed by atoms with Gasteiger partial charge in [-0.3, -0.25) is 10.1 Å². The first kappa shape index (κ1) is 13.4. The van der Waals surface area contributed by atoms with Gasteiger partial charge < -0.3 is 4.90 Å². The maximum Gasteiger partial charge on any atom is 0.223 e. The number of para-hydroxylation sites is 1. The molecule has 19 heavy (non-hydrogen) atoms. The quantitative estimate of drug-likeness (QED) is 0.368. The first-order chi connectivity index (χ1) is 9.17. The molecule has 5 nitrogen and oxygen atoms in total. The molecule has 1 aliphatic rings. The minimum atomic E-state index is 0.0142. The van der Waals surface area contributed by atoms with E-state index in [0.717, 1.165) is 23.4 Å². The second kappa shape index (κ2) is 5.76. The van der Waals surface area contributed by atoms with E-state index in [-0.39, 0.29) is 5.91 Å². The average molecular weight is 274 g/mol. The molecule has 0 atom stereocenters. The van der Waals surface area contributed by atoms with Gasteiger partial charge in [0.1, 0.15) is 0 Å². The Labute approximate surface area is 116 Å². The predicted molar refractivity (Wildman–Crippen MR) is 77.5 cm³/mol. The van der Waals surface area contributed by atoms with E-state index in [1.165, 1.54) is 11.8 Å². The number of nitrogens with one attached hydrogen (secondary N) is 1. The number of nitrogens with zero attached hydrogens (tertiary/aromatic N) is 3. The number of anilines is 1. The molecule has 0 saturated carbocycles. The second-order valence-electron chi connectivity index (χ2n) is 4.06. The summed E-state index contributed by atoms with van der Waals surface area (Å²) < 4.78 is 0. The topological polar surface area (TPSA) is 68.5 Å². The molecule has 1 N–H and O–H groups in total. The van der Waals surface area contributed by atoms with Crippen molar-refractivity contribution in [3.63, 3.8) is 0 Å². The molecule has 0 spiro atoms. The molecule has 1 aromatic carbocycles. The third-order valence-electron chi connectivity index (χ3n) is 2.93. The SMILES string of the molecule is CSC(=Nc1cccc2c1N(C(C)=O)CC2)NC#N. The van der Waals surface area contributed by atoms with Crippen molar-refractivity contribution in [1.82, 2.24) is 5.32 Å². The van der Waals surface area contributed by atoms with E-state index in [4.69, 9.17) is 5.26 Å². The van der Waals surface area contributed by atoms with Crippen molar-refractivity contribution in [3.05, 3.63) is 23.8 Å². The number of carbonyl (C=O) groups is 1. The highest BCUT2D eigenvalue weighted by molar-refractivity contribution is 8.13. The number of fused-ring (bicyclic) bond motifs is 1. The van der Waals surface area contributed by atoms with Gasteiger partial charge in [-0.15, -0.1) is 0 Å². The highest BCUT2D eigenvalue weighted by Crippen LogP contribution is 2.37. The van der Waals surface area contributed by atoms with E-state index in [0.29, 0.717) is 11.7 Å². The number of amides is 1. The monoisotopic (exact) mass is 274 g/mol. The Kier molecular flexibility index (Phi) is 4.07. The number of amidine groups is 1. The molecule has 6 heteroatoms. The molecule has 1 aromatic rings. The van der Waals surface area contributed by atoms with Gasteiger partial charge in [0.05, 0.1) is 11.4 Å². The third kappa shape index (κ3) is 2.71. The largest absolute Gasteiger partial charge is 0.310 e. The number of carbonyl (C=O) groups excluding carboxylic acids is 1. The highest BCUT2D eigenvalue weighted by Gasteiger charge is 2.25. The molecule has 1 aliphatic heterocycles. The Morgan fingerprint density at radius 2 is 2.37 bits per heavy atom. The van der Waals surface area contributed by atoms with Crippen LogP contribution < -0.4 is 10.2 Å². The third-order valence-corrected chi connectivity index (χ3v) is 3.51. The number of thioether (sulfide) groups is 1. The Balaban J connectivity index is 2.46. The number of nitriles is 1. The summed E-state index contributed by atoms with van der Waals surface area (Å²) in [6, 6.07) is 5.79. The molecule has 1 amide bonds. The van der Waals surface area contributed by atoms with E-state index in [1.807, 2.05) is 30.6 Å². The lowest BCUT2D eigenvalue weighted by Crippen LogP contribution is -2.26. The summed E-state index contributed by atoms with van der Waals surface area (Å²) in [5.41, 5.74) is 2.70. The summed E-state index contributed by atoms with van der Waals surface area (Å²) in [6.07, 6.45) is 4.55. The van der Waals surface area contributed by atoms with E-state index in [9.17, 15) is 4.79 Å². The molecule has 98 valence electrons. The van der Waals surface area contributed by atoms with Crippen LogP contribution in [0.15, 0.2) is 23.2 Å². The number of hydrogen-bond acceptors (Lipinski definition) is 4. The van der Waals surface area contributed by atoms with Gasteiger partial charge in [-0.2, -0.15) is 5.26 Å². The molecule has 0 saturated heterocycles. The molecule has 0 aromatic heterocycles. The van der Waals surface area contributed by atoms with Crippen molar-refractivity contribution < 1.29 is 4.79 Å².